The van der Waals surface area contributed by atoms with Crippen molar-refractivity contribution in [3.63, 3.8) is 0 Å². The average molecular weight is 479 g/mol. The molecule has 0 aromatic carbocycles. The fourth-order valence-corrected chi connectivity index (χ4v) is 6.42. The molecular weight excluding hydrogens is 436 g/mol. The Labute approximate surface area is 203 Å². The first kappa shape index (κ1) is 26.7. The van der Waals surface area contributed by atoms with Crippen LogP contribution in [0.2, 0.25) is 0 Å². The van der Waals surface area contributed by atoms with E-state index in [1.165, 1.54) is 0 Å². The van der Waals surface area contributed by atoms with E-state index in [2.05, 4.69) is 13.5 Å². The van der Waals surface area contributed by atoms with Crippen molar-refractivity contribution >= 4 is 17.8 Å². The van der Waals surface area contributed by atoms with E-state index >= 15 is 0 Å². The minimum atomic E-state index is -1.05. The van der Waals surface area contributed by atoms with E-state index in [0.29, 0.717) is 38.9 Å². The molecule has 0 aromatic heterocycles. The number of carbonyl (C=O) groups excluding carboxylic acids is 3. The molecule has 0 aliphatic carbocycles. The molecule has 3 rings (SSSR count). The highest BCUT2D eigenvalue weighted by atomic mass is 16.6. The molecule has 34 heavy (non-hydrogen) atoms. The lowest BCUT2D eigenvalue weighted by Gasteiger charge is -2.37. The number of esters is 1. The molecule has 1 spiro atoms. The number of ether oxygens (including phenoxy) is 2. The van der Waals surface area contributed by atoms with Gasteiger partial charge in [-0.1, -0.05) is 32.8 Å². The number of likely N-dealkylation sites (tertiary alicyclic amines) is 1. The molecule has 2 amide bonds. The Morgan fingerprint density at radius 2 is 2.03 bits per heavy atom. The lowest BCUT2D eigenvalue weighted by atomic mass is 9.62. The van der Waals surface area contributed by atoms with Crippen LogP contribution in [-0.2, 0) is 23.9 Å². The van der Waals surface area contributed by atoms with Crippen LogP contribution in [0.4, 0.5) is 0 Å². The van der Waals surface area contributed by atoms with Crippen LogP contribution >= 0.6 is 0 Å². The van der Waals surface area contributed by atoms with Crippen LogP contribution in [0.15, 0.2) is 12.7 Å². The summed E-state index contributed by atoms with van der Waals surface area (Å²) in [6.45, 7) is 13.2. The molecule has 3 heterocycles. The van der Waals surface area contributed by atoms with Gasteiger partial charge >= 0.3 is 5.97 Å². The third-order valence-corrected chi connectivity index (χ3v) is 8.09. The fraction of sp³-hybridized carbons (Fsp3) is 0.808. The predicted molar refractivity (Wildman–Crippen MR) is 128 cm³/mol. The molecule has 6 atom stereocenters. The Morgan fingerprint density at radius 1 is 1.29 bits per heavy atom. The molecule has 3 saturated heterocycles. The Balaban J connectivity index is 2.03. The molecule has 8 heteroatoms. The van der Waals surface area contributed by atoms with Gasteiger partial charge in [0.05, 0.1) is 18.1 Å². The molecular formula is C26H42N2O6. The number of nitrogens with zero attached hydrogens (tertiary/aromatic N) is 2. The highest BCUT2D eigenvalue weighted by molar-refractivity contribution is 5.98. The first-order chi connectivity index (χ1) is 16.2. The Morgan fingerprint density at radius 3 is 2.65 bits per heavy atom. The van der Waals surface area contributed by atoms with Gasteiger partial charge in [-0.15, -0.1) is 6.58 Å². The topological polar surface area (TPSA) is 96.4 Å². The second kappa shape index (κ2) is 10.8. The maximum Gasteiger partial charge on any atom is 0.312 e. The van der Waals surface area contributed by atoms with Crippen LogP contribution in [0.25, 0.3) is 0 Å². The first-order valence-electron chi connectivity index (χ1n) is 12.9. The van der Waals surface area contributed by atoms with Crippen molar-refractivity contribution in [2.75, 3.05) is 32.8 Å². The normalized spacial score (nSPS) is 33.8. The maximum absolute atomic E-state index is 14.1. The molecule has 2 bridgehead atoms. The number of hydrogen-bond acceptors (Lipinski definition) is 6. The molecule has 3 fully saturated rings. The van der Waals surface area contributed by atoms with Gasteiger partial charge in [0, 0.05) is 26.2 Å². The summed E-state index contributed by atoms with van der Waals surface area (Å²) in [6, 6.07) is -0.797. The second-order valence-electron chi connectivity index (χ2n) is 10.2. The molecule has 3 unspecified atom stereocenters. The number of aliphatic hydroxyl groups is 1. The molecule has 3 aliphatic heterocycles. The van der Waals surface area contributed by atoms with E-state index in [1.807, 2.05) is 13.8 Å². The summed E-state index contributed by atoms with van der Waals surface area (Å²) in [7, 11) is 0. The summed E-state index contributed by atoms with van der Waals surface area (Å²) >= 11 is 0. The van der Waals surface area contributed by atoms with Crippen molar-refractivity contribution in [2.24, 2.45) is 17.8 Å². The predicted octanol–water partition coefficient (Wildman–Crippen LogP) is 2.54. The molecule has 192 valence electrons. The minimum absolute atomic E-state index is 0.00778. The zero-order valence-electron chi connectivity index (χ0n) is 21.3. The zero-order valence-corrected chi connectivity index (χ0v) is 21.3. The van der Waals surface area contributed by atoms with Gasteiger partial charge < -0.3 is 24.4 Å². The van der Waals surface area contributed by atoms with Crippen molar-refractivity contribution in [3.8, 4) is 0 Å². The number of aliphatic hydroxyl groups excluding tert-OH is 1. The monoisotopic (exact) mass is 478 g/mol. The van der Waals surface area contributed by atoms with E-state index in [1.54, 1.807) is 22.8 Å². The number of carbonyl (C=O) groups is 3. The molecule has 0 radical (unpaired) electrons. The second-order valence-corrected chi connectivity index (χ2v) is 10.2. The third-order valence-electron chi connectivity index (χ3n) is 8.09. The van der Waals surface area contributed by atoms with Crippen LogP contribution in [0.5, 0.6) is 0 Å². The van der Waals surface area contributed by atoms with Crippen LogP contribution in [0.3, 0.4) is 0 Å². The number of unbranched alkanes of at least 4 members (excludes halogenated alkanes) is 3. The fourth-order valence-electron chi connectivity index (χ4n) is 6.42. The van der Waals surface area contributed by atoms with Gasteiger partial charge in [0.25, 0.3) is 0 Å². The summed E-state index contributed by atoms with van der Waals surface area (Å²) in [4.78, 5) is 44.5. The number of rotatable bonds is 13. The van der Waals surface area contributed by atoms with E-state index in [0.717, 1.165) is 19.3 Å². The summed E-state index contributed by atoms with van der Waals surface area (Å²) in [5, 5.41) is 9.29. The highest BCUT2D eigenvalue weighted by Crippen LogP contribution is 2.65. The first-order valence-corrected chi connectivity index (χ1v) is 12.9. The zero-order chi connectivity index (χ0) is 25.1. The van der Waals surface area contributed by atoms with Crippen LogP contribution < -0.4 is 0 Å². The van der Waals surface area contributed by atoms with Crippen molar-refractivity contribution in [2.45, 2.75) is 83.5 Å². The van der Waals surface area contributed by atoms with Crippen LogP contribution in [0, 0.1) is 17.8 Å². The Bertz CT molecular complexity index is 787. The van der Waals surface area contributed by atoms with E-state index in [9.17, 15) is 19.5 Å². The SMILES string of the molecule is C=CCN(CCCCC)C(=O)C1N(CCCCO)C(=O)[C@@H]2[C@@H](C(=O)OCC)[C@]3(C)OC12CC3C. The van der Waals surface area contributed by atoms with E-state index in [-0.39, 0.29) is 30.9 Å². The molecule has 1 N–H and O–H groups in total. The largest absolute Gasteiger partial charge is 0.466 e. The summed E-state index contributed by atoms with van der Waals surface area (Å²) < 4.78 is 12.1. The average Bonchev–Trinajstić information content (AvgIpc) is 3.30. The lowest BCUT2D eigenvalue weighted by molar-refractivity contribution is -0.161. The van der Waals surface area contributed by atoms with Gasteiger partial charge in [0.1, 0.15) is 17.6 Å². The van der Waals surface area contributed by atoms with Crippen LogP contribution in [-0.4, -0.2) is 82.8 Å². The van der Waals surface area contributed by atoms with Crippen LogP contribution in [0.1, 0.15) is 66.2 Å². The molecule has 3 aliphatic rings. The highest BCUT2D eigenvalue weighted by Gasteiger charge is 2.80. The Kier molecular flexibility index (Phi) is 8.45. The molecule has 8 nitrogen and oxygen atoms in total. The van der Waals surface area contributed by atoms with Crippen molar-refractivity contribution in [1.29, 1.82) is 0 Å². The lowest BCUT2D eigenvalue weighted by Crippen LogP contribution is -2.56. The van der Waals surface area contributed by atoms with Crippen molar-refractivity contribution in [1.82, 2.24) is 9.80 Å². The van der Waals surface area contributed by atoms with Crippen molar-refractivity contribution < 1.29 is 29.0 Å². The van der Waals surface area contributed by atoms with Gasteiger partial charge in [0.2, 0.25) is 11.8 Å². The number of hydrogen-bond donors (Lipinski definition) is 1. The maximum atomic E-state index is 14.1. The van der Waals surface area contributed by atoms with Crippen molar-refractivity contribution in [3.05, 3.63) is 12.7 Å². The summed E-state index contributed by atoms with van der Waals surface area (Å²) in [6.07, 6.45) is 6.28. The van der Waals surface area contributed by atoms with Gasteiger partial charge in [-0.2, -0.15) is 0 Å². The minimum Gasteiger partial charge on any atom is -0.466 e. The van der Waals surface area contributed by atoms with Gasteiger partial charge in [-0.05, 0) is 45.4 Å². The third kappa shape index (κ3) is 4.28. The van der Waals surface area contributed by atoms with Gasteiger partial charge in [0.15, 0.2) is 0 Å². The summed E-state index contributed by atoms with van der Waals surface area (Å²) in [5.74, 6) is -2.27. The van der Waals surface area contributed by atoms with Gasteiger partial charge in [-0.3, -0.25) is 14.4 Å². The number of amides is 2. The van der Waals surface area contributed by atoms with Gasteiger partial charge in [-0.25, -0.2) is 0 Å². The molecule has 0 saturated carbocycles. The summed E-state index contributed by atoms with van der Waals surface area (Å²) in [5.41, 5.74) is -1.91. The number of fused-ring (bicyclic) bond motifs is 1. The molecule has 0 aromatic rings. The Hall–Kier alpha value is -1.93. The standard InChI is InChI=1S/C26H42N2O6/c1-6-9-10-14-27(13-7-2)23(31)21-26-17-18(4)25(5,34-26)20(24(32)33-8-3)19(26)22(30)28(21)15-11-12-16-29/h7,18-21,29H,2,6,8-17H2,1,3-5H3/t18?,19-,20-,21?,25+,26?/m0/s1. The quantitative estimate of drug-likeness (QED) is 0.248. The smallest absolute Gasteiger partial charge is 0.312 e. The van der Waals surface area contributed by atoms with E-state index in [4.69, 9.17) is 9.47 Å². The van der Waals surface area contributed by atoms with E-state index < -0.39 is 35.0 Å².